The summed E-state index contributed by atoms with van der Waals surface area (Å²) < 4.78 is 18.6. The maximum Gasteiger partial charge on any atom is 0.379 e. The second-order valence-corrected chi connectivity index (χ2v) is 10.3. The number of allylic oxidation sites excluding steroid dienone is 1. The number of esters is 2. The van der Waals surface area contributed by atoms with Crippen LogP contribution in [0.5, 0.6) is 5.75 Å². The average Bonchev–Trinajstić information content (AvgIpc) is 3.54. The molecule has 0 amide bonds. The molecule has 0 radical (unpaired) electrons. The summed E-state index contributed by atoms with van der Waals surface area (Å²) in [7, 11) is 1.29. The van der Waals surface area contributed by atoms with Crippen molar-refractivity contribution in [2.24, 2.45) is 4.99 Å². The van der Waals surface area contributed by atoms with Crippen molar-refractivity contribution in [2.75, 3.05) is 7.11 Å². The van der Waals surface area contributed by atoms with Gasteiger partial charge in [0, 0.05) is 3.57 Å². The molecule has 186 valence electrons. The smallest absolute Gasteiger partial charge is 0.379 e. The Morgan fingerprint density at radius 3 is 2.46 bits per heavy atom. The van der Waals surface area contributed by atoms with E-state index in [1.165, 1.54) is 35.3 Å². The van der Waals surface area contributed by atoms with E-state index in [9.17, 15) is 14.4 Å². The van der Waals surface area contributed by atoms with Gasteiger partial charge < -0.3 is 13.9 Å². The first-order valence-electron chi connectivity index (χ1n) is 11.1. The topological polar surface area (TPSA) is 100 Å². The monoisotopic (exact) mass is 626 g/mol. The molecule has 1 unspecified atom stereocenters. The minimum Gasteiger partial charge on any atom is -0.466 e. The maximum atomic E-state index is 13.6. The van der Waals surface area contributed by atoms with Crippen molar-refractivity contribution in [3.8, 4) is 5.75 Å². The summed E-state index contributed by atoms with van der Waals surface area (Å²) in [6, 6.07) is 16.7. The first-order valence-corrected chi connectivity index (χ1v) is 13.0. The number of thiazole rings is 1. The lowest BCUT2D eigenvalue weighted by atomic mass is 9.96. The summed E-state index contributed by atoms with van der Waals surface area (Å²) in [6.45, 7) is 1.72. The van der Waals surface area contributed by atoms with Crippen LogP contribution < -0.4 is 19.6 Å². The van der Waals surface area contributed by atoms with Crippen molar-refractivity contribution in [3.05, 3.63) is 118 Å². The normalized spacial score (nSPS) is 15.2. The SMILES string of the molecule is COC(=O)C1=C(C)N=c2s/c(=C/c3ccc(I)cc3)c(=O)n2C1c1ccc(OC(=O)c2ccco2)cc1. The predicted octanol–water partition coefficient (Wildman–Crippen LogP) is 3.83. The number of benzene rings is 2. The Balaban J connectivity index is 1.58. The molecule has 2 aromatic carbocycles. The molecule has 5 rings (SSSR count). The number of methoxy groups -OCH3 is 1. The van der Waals surface area contributed by atoms with Gasteiger partial charge in [0.1, 0.15) is 5.75 Å². The molecule has 2 aromatic heterocycles. The highest BCUT2D eigenvalue weighted by atomic mass is 127. The van der Waals surface area contributed by atoms with E-state index < -0.39 is 18.0 Å². The fourth-order valence-corrected chi connectivity index (χ4v) is 5.39. The lowest BCUT2D eigenvalue weighted by molar-refractivity contribution is -0.136. The Hall–Kier alpha value is -3.77. The van der Waals surface area contributed by atoms with Gasteiger partial charge in [0.25, 0.3) is 5.56 Å². The van der Waals surface area contributed by atoms with Crippen molar-refractivity contribution in [3.63, 3.8) is 0 Å². The molecule has 0 bridgehead atoms. The molecule has 3 heterocycles. The second-order valence-electron chi connectivity index (χ2n) is 8.06. The molecule has 4 aromatic rings. The molecule has 37 heavy (non-hydrogen) atoms. The lowest BCUT2D eigenvalue weighted by Gasteiger charge is -2.24. The van der Waals surface area contributed by atoms with Crippen LogP contribution in [0.15, 0.2) is 92.4 Å². The van der Waals surface area contributed by atoms with E-state index in [0.717, 1.165) is 9.13 Å². The van der Waals surface area contributed by atoms with Crippen molar-refractivity contribution in [1.82, 2.24) is 4.57 Å². The Morgan fingerprint density at radius 1 is 1.08 bits per heavy atom. The number of halogens is 1. The highest BCUT2D eigenvalue weighted by molar-refractivity contribution is 14.1. The number of furan rings is 1. The van der Waals surface area contributed by atoms with E-state index in [0.29, 0.717) is 20.6 Å². The number of rotatable bonds is 5. The number of carbonyl (C=O) groups excluding carboxylic acids is 2. The molecule has 1 aliphatic rings. The number of aromatic nitrogens is 1. The molecule has 10 heteroatoms. The van der Waals surface area contributed by atoms with E-state index in [2.05, 4.69) is 27.6 Å². The van der Waals surface area contributed by atoms with Crippen LogP contribution in [0.4, 0.5) is 0 Å². The number of nitrogens with zero attached hydrogens (tertiary/aromatic N) is 2. The van der Waals surface area contributed by atoms with Crippen molar-refractivity contribution in [1.29, 1.82) is 0 Å². The van der Waals surface area contributed by atoms with Crippen LogP contribution in [0.25, 0.3) is 6.08 Å². The molecule has 0 fully saturated rings. The van der Waals surface area contributed by atoms with Crippen LogP contribution in [0.1, 0.15) is 34.6 Å². The number of fused-ring (bicyclic) bond motifs is 1. The number of carbonyl (C=O) groups is 2. The molecule has 0 saturated heterocycles. The van der Waals surface area contributed by atoms with E-state index in [4.69, 9.17) is 13.9 Å². The van der Waals surface area contributed by atoms with E-state index in [1.54, 1.807) is 37.3 Å². The minimum atomic E-state index is -0.766. The van der Waals surface area contributed by atoms with Gasteiger partial charge in [-0.15, -0.1) is 0 Å². The van der Waals surface area contributed by atoms with Gasteiger partial charge in [0.05, 0.1) is 35.2 Å². The largest absolute Gasteiger partial charge is 0.466 e. The molecule has 8 nitrogen and oxygen atoms in total. The number of hydrogen-bond acceptors (Lipinski definition) is 8. The van der Waals surface area contributed by atoms with E-state index in [1.807, 2.05) is 30.3 Å². The summed E-state index contributed by atoms with van der Waals surface area (Å²) in [5, 5.41) is 0. The fourth-order valence-electron chi connectivity index (χ4n) is 3.99. The summed E-state index contributed by atoms with van der Waals surface area (Å²) >= 11 is 3.48. The Labute approximate surface area is 228 Å². The summed E-state index contributed by atoms with van der Waals surface area (Å²) in [4.78, 5) is 43.7. The first kappa shape index (κ1) is 24.9. The van der Waals surface area contributed by atoms with Gasteiger partial charge in [-0.3, -0.25) is 9.36 Å². The number of ether oxygens (including phenoxy) is 2. The zero-order chi connectivity index (χ0) is 26.1. The van der Waals surface area contributed by atoms with Gasteiger partial charge >= 0.3 is 11.9 Å². The maximum absolute atomic E-state index is 13.6. The van der Waals surface area contributed by atoms with Gasteiger partial charge in [-0.2, -0.15) is 0 Å². The molecule has 0 spiro atoms. The third-order valence-corrected chi connectivity index (χ3v) is 7.43. The van der Waals surface area contributed by atoms with Crippen LogP contribution in [0, 0.1) is 3.57 Å². The molecule has 0 aliphatic carbocycles. The molecule has 1 atom stereocenters. The molecule has 1 aliphatic heterocycles. The highest BCUT2D eigenvalue weighted by Crippen LogP contribution is 2.31. The van der Waals surface area contributed by atoms with Crippen LogP contribution in [-0.4, -0.2) is 23.6 Å². The van der Waals surface area contributed by atoms with Crippen LogP contribution in [0.2, 0.25) is 0 Å². The summed E-state index contributed by atoms with van der Waals surface area (Å²) in [5.74, 6) is -0.841. The fraction of sp³-hybridized carbons (Fsp3) is 0.111. The zero-order valence-corrected chi connectivity index (χ0v) is 22.6. The third kappa shape index (κ3) is 4.94. The van der Waals surface area contributed by atoms with Gasteiger partial charge in [0.15, 0.2) is 4.80 Å². The van der Waals surface area contributed by atoms with Crippen molar-refractivity contribution in [2.45, 2.75) is 13.0 Å². The standard InChI is InChI=1S/C27H19IN2O6S/c1-15-22(26(33)34-2)23(17-7-11-19(12-8-17)36-25(32)20-4-3-13-35-20)30-24(31)21(37-27(30)29-15)14-16-5-9-18(28)10-6-16/h3-14,23H,1-2H3/b21-14+. The molecule has 0 saturated carbocycles. The lowest BCUT2D eigenvalue weighted by Crippen LogP contribution is -2.39. The summed E-state index contributed by atoms with van der Waals surface area (Å²) in [6.07, 6.45) is 3.20. The average molecular weight is 626 g/mol. The van der Waals surface area contributed by atoms with Crippen LogP contribution in [0.3, 0.4) is 0 Å². The van der Waals surface area contributed by atoms with E-state index in [-0.39, 0.29) is 22.6 Å². The van der Waals surface area contributed by atoms with Gasteiger partial charge in [0.2, 0.25) is 5.76 Å². The summed E-state index contributed by atoms with van der Waals surface area (Å²) in [5.41, 5.74) is 1.97. The first-order chi connectivity index (χ1) is 17.9. The third-order valence-electron chi connectivity index (χ3n) is 5.72. The Kier molecular flexibility index (Phi) is 6.94. The quantitative estimate of drug-likeness (QED) is 0.190. The van der Waals surface area contributed by atoms with Gasteiger partial charge in [-0.1, -0.05) is 35.6 Å². The Bertz CT molecular complexity index is 1700. The predicted molar refractivity (Wildman–Crippen MR) is 145 cm³/mol. The molecular formula is C27H19IN2O6S. The Morgan fingerprint density at radius 2 is 1.81 bits per heavy atom. The van der Waals surface area contributed by atoms with Crippen molar-refractivity contribution < 1.29 is 23.5 Å². The molecule has 0 N–H and O–H groups in total. The minimum absolute atomic E-state index is 0.0795. The zero-order valence-electron chi connectivity index (χ0n) is 19.6. The van der Waals surface area contributed by atoms with Crippen LogP contribution in [-0.2, 0) is 9.53 Å². The van der Waals surface area contributed by atoms with Gasteiger partial charge in [-0.25, -0.2) is 14.6 Å². The van der Waals surface area contributed by atoms with Gasteiger partial charge in [-0.05, 0) is 83.1 Å². The number of hydrogen-bond donors (Lipinski definition) is 0. The van der Waals surface area contributed by atoms with E-state index >= 15 is 0 Å². The van der Waals surface area contributed by atoms with Crippen LogP contribution >= 0.6 is 33.9 Å². The second kappa shape index (κ2) is 10.3. The highest BCUT2D eigenvalue weighted by Gasteiger charge is 2.33. The van der Waals surface area contributed by atoms with Crippen molar-refractivity contribution >= 4 is 51.9 Å². The molecular weight excluding hydrogens is 607 g/mol.